The molecule has 2 unspecified atom stereocenters. The Morgan fingerprint density at radius 1 is 1.28 bits per heavy atom. The fourth-order valence-electron chi connectivity index (χ4n) is 3.02. The third kappa shape index (κ3) is 5.74. The normalized spacial score (nSPS) is 23.7. The molecule has 1 fully saturated rings. The first-order valence-electron chi connectivity index (χ1n) is 8.60. The number of carboxylic acid groups (broad SMARTS) is 1. The van der Waals surface area contributed by atoms with Crippen LogP contribution in [0, 0.1) is 0 Å². The molecule has 25 heavy (non-hydrogen) atoms. The van der Waals surface area contributed by atoms with Gasteiger partial charge in [0.15, 0.2) is 0 Å². The second kappa shape index (κ2) is 7.87. The van der Waals surface area contributed by atoms with E-state index in [-0.39, 0.29) is 12.5 Å². The predicted molar refractivity (Wildman–Crippen MR) is 93.2 cm³/mol. The summed E-state index contributed by atoms with van der Waals surface area (Å²) < 4.78 is 11.1. The van der Waals surface area contributed by atoms with Crippen molar-refractivity contribution >= 4 is 12.1 Å². The van der Waals surface area contributed by atoms with Crippen molar-refractivity contribution in [2.24, 2.45) is 0 Å². The number of alkyl carbamates (subject to hydrolysis) is 1. The molecule has 1 aromatic rings. The highest BCUT2D eigenvalue weighted by Gasteiger charge is 2.45. The molecule has 1 amide bonds. The Bertz CT molecular complexity index is 596. The Balaban J connectivity index is 2.00. The number of carbonyl (C=O) groups excluding carboxylic acids is 1. The monoisotopic (exact) mass is 349 g/mol. The molecule has 2 atom stereocenters. The quantitative estimate of drug-likeness (QED) is 0.850. The van der Waals surface area contributed by atoms with Gasteiger partial charge in [0.2, 0.25) is 0 Å². The average Bonchev–Trinajstić information content (AvgIpc) is 2.52. The van der Waals surface area contributed by atoms with Crippen molar-refractivity contribution in [2.45, 2.75) is 70.3 Å². The van der Waals surface area contributed by atoms with Gasteiger partial charge >= 0.3 is 12.1 Å². The highest BCUT2D eigenvalue weighted by Crippen LogP contribution is 2.31. The van der Waals surface area contributed by atoms with Crippen molar-refractivity contribution in [2.75, 3.05) is 0 Å². The summed E-state index contributed by atoms with van der Waals surface area (Å²) in [5.74, 6) is -1.05. The van der Waals surface area contributed by atoms with Crippen LogP contribution in [0.5, 0.6) is 0 Å². The minimum Gasteiger partial charge on any atom is -0.480 e. The van der Waals surface area contributed by atoms with Gasteiger partial charge in [-0.3, -0.25) is 0 Å². The molecule has 1 aromatic carbocycles. The van der Waals surface area contributed by atoms with Gasteiger partial charge in [0.1, 0.15) is 11.1 Å². The number of hydrogen-bond acceptors (Lipinski definition) is 4. The molecule has 0 spiro atoms. The lowest BCUT2D eigenvalue weighted by molar-refractivity contribution is -0.149. The van der Waals surface area contributed by atoms with E-state index in [1.807, 2.05) is 30.3 Å². The topological polar surface area (TPSA) is 84.9 Å². The highest BCUT2D eigenvalue weighted by molar-refractivity contribution is 5.84. The lowest BCUT2D eigenvalue weighted by Crippen LogP contribution is -2.58. The van der Waals surface area contributed by atoms with Gasteiger partial charge in [-0.25, -0.2) is 9.59 Å². The molecule has 1 aliphatic rings. The van der Waals surface area contributed by atoms with E-state index in [1.54, 1.807) is 20.8 Å². The van der Waals surface area contributed by atoms with Crippen molar-refractivity contribution in [3.8, 4) is 0 Å². The second-order valence-electron chi connectivity index (χ2n) is 7.53. The van der Waals surface area contributed by atoms with Crippen LogP contribution in [0.1, 0.15) is 52.0 Å². The zero-order valence-electron chi connectivity index (χ0n) is 15.1. The van der Waals surface area contributed by atoms with Gasteiger partial charge in [-0.05, 0) is 45.6 Å². The molecule has 0 radical (unpaired) electrons. The molecule has 1 saturated carbocycles. The molecular weight excluding hydrogens is 322 g/mol. The molecule has 0 aromatic heterocycles. The van der Waals surface area contributed by atoms with E-state index in [0.29, 0.717) is 19.4 Å². The molecule has 6 nitrogen and oxygen atoms in total. The van der Waals surface area contributed by atoms with E-state index in [1.165, 1.54) is 0 Å². The minimum absolute atomic E-state index is 0.222. The molecule has 6 heteroatoms. The molecule has 2 N–H and O–H groups in total. The van der Waals surface area contributed by atoms with E-state index < -0.39 is 23.2 Å². The Labute approximate surface area is 148 Å². The van der Waals surface area contributed by atoms with Crippen LogP contribution in [0.15, 0.2) is 30.3 Å². The van der Waals surface area contributed by atoms with Gasteiger partial charge in [-0.1, -0.05) is 30.3 Å². The maximum Gasteiger partial charge on any atom is 0.408 e. The first-order chi connectivity index (χ1) is 11.7. The van der Waals surface area contributed by atoms with Crippen molar-refractivity contribution < 1.29 is 24.2 Å². The number of carboxylic acids is 1. The molecule has 138 valence electrons. The van der Waals surface area contributed by atoms with Crippen LogP contribution >= 0.6 is 0 Å². The van der Waals surface area contributed by atoms with Gasteiger partial charge in [0.25, 0.3) is 0 Å². The van der Waals surface area contributed by atoms with Crippen molar-refractivity contribution in [1.82, 2.24) is 5.32 Å². The van der Waals surface area contributed by atoms with Gasteiger partial charge < -0.3 is 19.9 Å². The number of nitrogens with one attached hydrogen (secondary N) is 1. The summed E-state index contributed by atoms with van der Waals surface area (Å²) in [4.78, 5) is 24.0. The number of carbonyl (C=O) groups is 2. The SMILES string of the molecule is CC(C)(C)OC(=O)NC1(C(=O)O)CCCC(OCc2ccccc2)C1. The van der Waals surface area contributed by atoms with Crippen LogP contribution < -0.4 is 5.32 Å². The molecule has 0 aliphatic heterocycles. The summed E-state index contributed by atoms with van der Waals surface area (Å²) in [5, 5.41) is 12.3. The maximum absolute atomic E-state index is 12.1. The Hall–Kier alpha value is -2.08. The van der Waals surface area contributed by atoms with E-state index >= 15 is 0 Å². The number of aliphatic carboxylic acids is 1. The van der Waals surface area contributed by atoms with Gasteiger partial charge in [0, 0.05) is 6.42 Å². The fraction of sp³-hybridized carbons (Fsp3) is 0.579. The third-order valence-electron chi connectivity index (χ3n) is 4.18. The second-order valence-corrected chi connectivity index (χ2v) is 7.53. The molecular formula is C19H27NO5. The number of benzene rings is 1. The number of ether oxygens (including phenoxy) is 2. The molecule has 2 rings (SSSR count). The average molecular weight is 349 g/mol. The lowest BCUT2D eigenvalue weighted by Gasteiger charge is -2.38. The van der Waals surface area contributed by atoms with Gasteiger partial charge in [-0.2, -0.15) is 0 Å². The van der Waals surface area contributed by atoms with Gasteiger partial charge in [0.05, 0.1) is 12.7 Å². The smallest absolute Gasteiger partial charge is 0.408 e. The number of hydrogen-bond donors (Lipinski definition) is 2. The van der Waals surface area contributed by atoms with Crippen LogP contribution in [-0.4, -0.2) is 34.4 Å². The maximum atomic E-state index is 12.1. The first-order valence-corrected chi connectivity index (χ1v) is 8.60. The van der Waals surface area contributed by atoms with E-state index in [0.717, 1.165) is 12.0 Å². The summed E-state index contributed by atoms with van der Waals surface area (Å²) in [6.45, 7) is 5.65. The Morgan fingerprint density at radius 2 is 1.96 bits per heavy atom. The van der Waals surface area contributed by atoms with Crippen LogP contribution in [0.3, 0.4) is 0 Å². The van der Waals surface area contributed by atoms with Crippen molar-refractivity contribution in [1.29, 1.82) is 0 Å². The lowest BCUT2D eigenvalue weighted by atomic mass is 9.80. The zero-order valence-corrected chi connectivity index (χ0v) is 15.1. The number of amides is 1. The summed E-state index contributed by atoms with van der Waals surface area (Å²) in [5.41, 5.74) is -0.988. The molecule has 0 bridgehead atoms. The molecule has 0 heterocycles. The Kier molecular flexibility index (Phi) is 6.06. The fourth-order valence-corrected chi connectivity index (χ4v) is 3.02. The highest BCUT2D eigenvalue weighted by atomic mass is 16.6. The summed E-state index contributed by atoms with van der Waals surface area (Å²) in [6.07, 6.45) is 1.11. The van der Waals surface area contributed by atoms with Gasteiger partial charge in [-0.15, -0.1) is 0 Å². The van der Waals surface area contributed by atoms with E-state index in [4.69, 9.17) is 9.47 Å². The molecule has 1 aliphatic carbocycles. The largest absolute Gasteiger partial charge is 0.480 e. The van der Waals surface area contributed by atoms with Crippen LogP contribution in [-0.2, 0) is 20.9 Å². The summed E-state index contributed by atoms with van der Waals surface area (Å²) in [6, 6.07) is 9.74. The van der Waals surface area contributed by atoms with Crippen molar-refractivity contribution in [3.63, 3.8) is 0 Å². The molecule has 0 saturated heterocycles. The first kappa shape index (κ1) is 19.2. The Morgan fingerprint density at radius 3 is 2.56 bits per heavy atom. The van der Waals surface area contributed by atoms with E-state index in [9.17, 15) is 14.7 Å². The van der Waals surface area contributed by atoms with Crippen LogP contribution in [0.4, 0.5) is 4.79 Å². The predicted octanol–water partition coefficient (Wildman–Crippen LogP) is 3.49. The minimum atomic E-state index is -1.35. The third-order valence-corrected chi connectivity index (χ3v) is 4.18. The van der Waals surface area contributed by atoms with Crippen molar-refractivity contribution in [3.05, 3.63) is 35.9 Å². The zero-order chi connectivity index (χ0) is 18.5. The van der Waals surface area contributed by atoms with E-state index in [2.05, 4.69) is 5.32 Å². The number of rotatable bonds is 5. The summed E-state index contributed by atoms with van der Waals surface area (Å²) in [7, 11) is 0. The standard InChI is InChI=1S/C19H27NO5/c1-18(2,3)25-17(23)20-19(16(21)22)11-7-10-15(12-19)24-13-14-8-5-4-6-9-14/h4-6,8-9,15H,7,10-13H2,1-3H3,(H,20,23)(H,21,22). The van der Waals surface area contributed by atoms with Crippen LogP contribution in [0.2, 0.25) is 0 Å². The summed E-state index contributed by atoms with van der Waals surface area (Å²) >= 11 is 0. The van der Waals surface area contributed by atoms with Crippen LogP contribution in [0.25, 0.3) is 0 Å².